The van der Waals surface area contributed by atoms with Crippen LogP contribution in [0.15, 0.2) is 0 Å². The van der Waals surface area contributed by atoms with E-state index in [0.717, 1.165) is 0 Å². The Labute approximate surface area is 66.6 Å². The Kier molecular flexibility index (Phi) is 2.30. The minimum absolute atomic E-state index is 0.416. The van der Waals surface area contributed by atoms with Crippen molar-refractivity contribution in [2.24, 2.45) is 5.92 Å². The number of alkyl halides is 3. The normalized spacial score (nSPS) is 34.8. The summed E-state index contributed by atoms with van der Waals surface area (Å²) in [5.41, 5.74) is 0. The van der Waals surface area contributed by atoms with E-state index in [1.54, 1.807) is 0 Å². The number of aliphatic hydroxyl groups excluding tert-OH is 1. The quantitative estimate of drug-likeness (QED) is 0.664. The van der Waals surface area contributed by atoms with Crippen molar-refractivity contribution in [1.82, 2.24) is 0 Å². The third-order valence-corrected chi connectivity index (χ3v) is 2.49. The van der Waals surface area contributed by atoms with Crippen LogP contribution in [0.5, 0.6) is 0 Å². The molecule has 1 nitrogen and oxygen atoms in total. The first-order chi connectivity index (χ1) is 4.52. The predicted octanol–water partition coefficient (Wildman–Crippen LogP) is 2.14. The minimum atomic E-state index is -2.89. The topological polar surface area (TPSA) is 20.2 Å². The first kappa shape index (κ1) is 8.40. The summed E-state index contributed by atoms with van der Waals surface area (Å²) in [5, 5.41) is 9.01. The fourth-order valence-corrected chi connectivity index (χ4v) is 1.86. The van der Waals surface area contributed by atoms with Crippen molar-refractivity contribution in [3.8, 4) is 0 Å². The van der Waals surface area contributed by atoms with E-state index in [1.165, 1.54) is 0 Å². The number of aliphatic hydroxyl groups is 1. The van der Waals surface area contributed by atoms with Crippen molar-refractivity contribution < 1.29 is 13.9 Å². The zero-order valence-electron chi connectivity index (χ0n) is 5.36. The molecule has 0 spiro atoms. The van der Waals surface area contributed by atoms with Gasteiger partial charge in [0, 0.05) is 0 Å². The summed E-state index contributed by atoms with van der Waals surface area (Å²) in [4.78, 5) is -2.89. The molecule has 0 aromatic carbocycles. The molecule has 0 bridgehead atoms. The average molecular weight is 215 g/mol. The molecule has 1 aliphatic rings. The van der Waals surface area contributed by atoms with Crippen LogP contribution in [0.2, 0.25) is 0 Å². The van der Waals surface area contributed by atoms with Crippen LogP contribution in [0.1, 0.15) is 19.3 Å². The van der Waals surface area contributed by atoms with Crippen LogP contribution in [0.4, 0.5) is 8.78 Å². The maximum absolute atomic E-state index is 12.4. The van der Waals surface area contributed by atoms with Crippen molar-refractivity contribution in [1.29, 1.82) is 0 Å². The van der Waals surface area contributed by atoms with Crippen LogP contribution in [0, 0.1) is 5.92 Å². The van der Waals surface area contributed by atoms with E-state index >= 15 is 0 Å². The molecule has 60 valence electrons. The van der Waals surface area contributed by atoms with Gasteiger partial charge in [0.15, 0.2) is 0 Å². The van der Waals surface area contributed by atoms with Gasteiger partial charge in [0.05, 0.1) is 12.0 Å². The standard InChI is InChI=1S/C6H9BrF2O/c7-6(8,9)4-2-1-3-5(4)10/h4-5,10H,1-3H2. The van der Waals surface area contributed by atoms with Gasteiger partial charge in [-0.25, -0.2) is 0 Å². The van der Waals surface area contributed by atoms with Crippen molar-refractivity contribution in [3.05, 3.63) is 0 Å². The molecule has 1 N–H and O–H groups in total. The summed E-state index contributed by atoms with van der Waals surface area (Å²) < 4.78 is 24.9. The van der Waals surface area contributed by atoms with Gasteiger partial charge in [-0.3, -0.25) is 0 Å². The van der Waals surface area contributed by atoms with Gasteiger partial charge in [-0.15, -0.1) is 0 Å². The van der Waals surface area contributed by atoms with Gasteiger partial charge in [-0.1, -0.05) is 6.42 Å². The van der Waals surface area contributed by atoms with Gasteiger partial charge in [-0.2, -0.15) is 8.78 Å². The molecule has 0 amide bonds. The van der Waals surface area contributed by atoms with Crippen LogP contribution in [-0.2, 0) is 0 Å². The van der Waals surface area contributed by atoms with Gasteiger partial charge >= 0.3 is 4.83 Å². The van der Waals surface area contributed by atoms with Crippen molar-refractivity contribution in [2.75, 3.05) is 0 Å². The fraction of sp³-hybridized carbons (Fsp3) is 1.00. The summed E-state index contributed by atoms with van der Waals surface area (Å²) in [6.07, 6.45) is 0.799. The Bertz CT molecular complexity index is 123. The van der Waals surface area contributed by atoms with Crippen LogP contribution in [-0.4, -0.2) is 16.0 Å². The highest BCUT2D eigenvalue weighted by molar-refractivity contribution is 9.10. The molecule has 0 aromatic rings. The molecule has 1 saturated carbocycles. The van der Waals surface area contributed by atoms with Gasteiger partial charge in [0.1, 0.15) is 0 Å². The smallest absolute Gasteiger partial charge is 0.306 e. The lowest BCUT2D eigenvalue weighted by Gasteiger charge is -2.19. The van der Waals surface area contributed by atoms with E-state index in [1.807, 2.05) is 0 Å². The Morgan fingerprint density at radius 1 is 1.40 bits per heavy atom. The summed E-state index contributed by atoms with van der Waals surface area (Å²) in [5.74, 6) is -0.882. The highest BCUT2D eigenvalue weighted by Crippen LogP contribution is 2.41. The fourth-order valence-electron chi connectivity index (χ4n) is 1.32. The molecule has 1 aliphatic carbocycles. The van der Waals surface area contributed by atoms with Gasteiger partial charge in [0.2, 0.25) is 0 Å². The van der Waals surface area contributed by atoms with Gasteiger partial charge < -0.3 is 5.11 Å². The number of hydrogen-bond donors (Lipinski definition) is 1. The van der Waals surface area contributed by atoms with Crippen LogP contribution < -0.4 is 0 Å². The molecule has 1 fully saturated rings. The molecule has 2 atom stereocenters. The SMILES string of the molecule is OC1CCCC1C(F)(F)Br. The van der Waals surface area contributed by atoms with E-state index in [-0.39, 0.29) is 0 Å². The van der Waals surface area contributed by atoms with Crippen LogP contribution >= 0.6 is 15.9 Å². The van der Waals surface area contributed by atoms with Crippen LogP contribution in [0.3, 0.4) is 0 Å². The lowest BCUT2D eigenvalue weighted by Crippen LogP contribution is -2.27. The second-order valence-corrected chi connectivity index (χ2v) is 3.70. The summed E-state index contributed by atoms with van der Waals surface area (Å²) >= 11 is 2.25. The Morgan fingerprint density at radius 2 is 2.00 bits per heavy atom. The minimum Gasteiger partial charge on any atom is -0.393 e. The second-order valence-electron chi connectivity index (χ2n) is 2.65. The lowest BCUT2D eigenvalue weighted by molar-refractivity contribution is -0.0115. The molecule has 0 heterocycles. The maximum atomic E-state index is 12.4. The highest BCUT2D eigenvalue weighted by atomic mass is 79.9. The first-order valence-electron chi connectivity index (χ1n) is 3.26. The zero-order chi connectivity index (χ0) is 7.78. The second kappa shape index (κ2) is 2.74. The molecule has 2 unspecified atom stereocenters. The van der Waals surface area contributed by atoms with Crippen LogP contribution in [0.25, 0.3) is 0 Å². The molecule has 4 heteroatoms. The predicted molar refractivity (Wildman–Crippen MR) is 37.2 cm³/mol. The van der Waals surface area contributed by atoms with Gasteiger partial charge in [-0.05, 0) is 28.8 Å². The molecular weight excluding hydrogens is 206 g/mol. The average Bonchev–Trinajstić information content (AvgIpc) is 2.11. The third-order valence-electron chi connectivity index (χ3n) is 1.90. The third kappa shape index (κ3) is 1.66. The molecule has 0 aromatic heterocycles. The van der Waals surface area contributed by atoms with Crippen molar-refractivity contribution >= 4 is 15.9 Å². The first-order valence-corrected chi connectivity index (χ1v) is 4.06. The van der Waals surface area contributed by atoms with Crippen molar-refractivity contribution in [2.45, 2.75) is 30.2 Å². The van der Waals surface area contributed by atoms with Crippen molar-refractivity contribution in [3.63, 3.8) is 0 Å². The summed E-state index contributed by atoms with van der Waals surface area (Å²) in [7, 11) is 0. The lowest BCUT2D eigenvalue weighted by atomic mass is 10.1. The number of rotatable bonds is 1. The molecule has 0 radical (unpaired) electrons. The van der Waals surface area contributed by atoms with E-state index in [9.17, 15) is 8.78 Å². The molecule has 10 heavy (non-hydrogen) atoms. The molecule has 0 saturated heterocycles. The molecular formula is C6H9BrF2O. The maximum Gasteiger partial charge on any atom is 0.306 e. The number of halogens is 3. The number of hydrogen-bond acceptors (Lipinski definition) is 1. The molecule has 0 aliphatic heterocycles. The molecule has 1 rings (SSSR count). The van der Waals surface area contributed by atoms with Gasteiger partial charge in [0.25, 0.3) is 0 Å². The largest absolute Gasteiger partial charge is 0.393 e. The summed E-state index contributed by atoms with van der Waals surface area (Å²) in [6.45, 7) is 0. The zero-order valence-corrected chi connectivity index (χ0v) is 6.94. The van der Waals surface area contributed by atoms with E-state index in [0.29, 0.717) is 19.3 Å². The Morgan fingerprint density at radius 3 is 2.20 bits per heavy atom. The van der Waals surface area contributed by atoms with E-state index in [4.69, 9.17) is 5.11 Å². The summed E-state index contributed by atoms with van der Waals surface area (Å²) in [6, 6.07) is 0. The monoisotopic (exact) mass is 214 g/mol. The Balaban J connectivity index is 2.55. The highest BCUT2D eigenvalue weighted by Gasteiger charge is 2.43. The Hall–Kier alpha value is 0.300. The van der Waals surface area contributed by atoms with E-state index < -0.39 is 16.9 Å². The van der Waals surface area contributed by atoms with E-state index in [2.05, 4.69) is 15.9 Å².